The van der Waals surface area contributed by atoms with Crippen LogP contribution in [-0.4, -0.2) is 18.8 Å². The molecule has 0 fully saturated rings. The fraction of sp³-hybridized carbons (Fsp3) is 0.333. The molecule has 0 saturated carbocycles. The van der Waals surface area contributed by atoms with Gasteiger partial charge in [-0.15, -0.1) is 12.4 Å². The third kappa shape index (κ3) is 2.51. The van der Waals surface area contributed by atoms with Crippen molar-refractivity contribution in [2.75, 3.05) is 13.7 Å². The molecule has 1 aromatic carbocycles. The van der Waals surface area contributed by atoms with E-state index in [0.717, 1.165) is 0 Å². The molecule has 0 aromatic heterocycles. The van der Waals surface area contributed by atoms with E-state index in [-0.39, 0.29) is 24.7 Å². The monoisotopic (exact) mass is 218 g/mol. The molecular weight excluding hydrogens is 204 g/mol. The highest BCUT2D eigenvalue weighted by Gasteiger charge is 2.14. The van der Waals surface area contributed by atoms with Crippen LogP contribution in [-0.2, 0) is 0 Å². The van der Waals surface area contributed by atoms with Gasteiger partial charge < -0.3 is 21.3 Å². The topological polar surface area (TPSA) is 81.5 Å². The Morgan fingerprint density at radius 2 is 2.14 bits per heavy atom. The van der Waals surface area contributed by atoms with Gasteiger partial charge in [-0.2, -0.15) is 0 Å². The molecule has 0 saturated heterocycles. The van der Waals surface area contributed by atoms with Crippen molar-refractivity contribution < 1.29 is 9.84 Å². The maximum absolute atomic E-state index is 9.51. The highest BCUT2D eigenvalue weighted by Crippen LogP contribution is 2.31. The first kappa shape index (κ1) is 13.0. The predicted molar refractivity (Wildman–Crippen MR) is 57.9 cm³/mol. The SMILES string of the molecule is COc1cccc(O)c1[C@@H](N)CN.Cl. The quantitative estimate of drug-likeness (QED) is 0.701. The molecule has 4 nitrogen and oxygen atoms in total. The summed E-state index contributed by atoms with van der Waals surface area (Å²) in [5, 5.41) is 9.51. The number of hydrogen-bond donors (Lipinski definition) is 3. The molecule has 0 bridgehead atoms. The number of aromatic hydroxyl groups is 1. The Morgan fingerprint density at radius 1 is 1.50 bits per heavy atom. The molecule has 0 heterocycles. The first-order valence-corrected chi connectivity index (χ1v) is 4.02. The van der Waals surface area contributed by atoms with Gasteiger partial charge in [0.2, 0.25) is 0 Å². The van der Waals surface area contributed by atoms with Crippen molar-refractivity contribution in [3.05, 3.63) is 23.8 Å². The van der Waals surface area contributed by atoms with Crippen LogP contribution in [0.5, 0.6) is 11.5 Å². The zero-order valence-corrected chi connectivity index (χ0v) is 8.75. The maximum Gasteiger partial charge on any atom is 0.127 e. The Labute approximate surface area is 89.3 Å². The highest BCUT2D eigenvalue weighted by molar-refractivity contribution is 5.85. The summed E-state index contributed by atoms with van der Waals surface area (Å²) in [5.74, 6) is 0.690. The summed E-state index contributed by atoms with van der Waals surface area (Å²) < 4.78 is 5.05. The molecule has 0 amide bonds. The van der Waals surface area contributed by atoms with Crippen LogP contribution in [0, 0.1) is 0 Å². The standard InChI is InChI=1S/C9H14N2O2.ClH/c1-13-8-4-2-3-7(12)9(8)6(11)5-10;/h2-4,6,12H,5,10-11H2,1H3;1H/t6-;/m0./s1. The van der Waals surface area contributed by atoms with Gasteiger partial charge in [0.05, 0.1) is 12.7 Å². The minimum atomic E-state index is -0.392. The van der Waals surface area contributed by atoms with Gasteiger partial charge in [0.1, 0.15) is 11.5 Å². The molecule has 5 heteroatoms. The second-order valence-electron chi connectivity index (χ2n) is 2.74. The molecule has 0 aliphatic carbocycles. The van der Waals surface area contributed by atoms with E-state index in [4.69, 9.17) is 16.2 Å². The van der Waals surface area contributed by atoms with Crippen molar-refractivity contribution >= 4 is 12.4 Å². The molecule has 1 atom stereocenters. The van der Waals surface area contributed by atoms with E-state index in [0.29, 0.717) is 11.3 Å². The van der Waals surface area contributed by atoms with Crippen LogP contribution in [0.25, 0.3) is 0 Å². The van der Waals surface area contributed by atoms with E-state index >= 15 is 0 Å². The lowest BCUT2D eigenvalue weighted by molar-refractivity contribution is 0.394. The third-order valence-electron chi connectivity index (χ3n) is 1.89. The highest BCUT2D eigenvalue weighted by atomic mass is 35.5. The molecule has 0 radical (unpaired) electrons. The Bertz CT molecular complexity index is 294. The zero-order valence-electron chi connectivity index (χ0n) is 7.93. The predicted octanol–water partition coefficient (Wildman–Crippen LogP) is 0.781. The first-order chi connectivity index (χ1) is 6.20. The number of rotatable bonds is 3. The first-order valence-electron chi connectivity index (χ1n) is 4.02. The molecule has 5 N–H and O–H groups in total. The van der Waals surface area contributed by atoms with E-state index in [9.17, 15) is 5.11 Å². The van der Waals surface area contributed by atoms with Crippen LogP contribution in [0.2, 0.25) is 0 Å². The summed E-state index contributed by atoms with van der Waals surface area (Å²) in [6.45, 7) is 0.272. The normalized spacial score (nSPS) is 11.6. The maximum atomic E-state index is 9.51. The lowest BCUT2D eigenvalue weighted by Gasteiger charge is -2.14. The van der Waals surface area contributed by atoms with Crippen LogP contribution in [0.3, 0.4) is 0 Å². The van der Waals surface area contributed by atoms with Crippen molar-refractivity contribution in [3.63, 3.8) is 0 Å². The van der Waals surface area contributed by atoms with Gasteiger partial charge in [0.15, 0.2) is 0 Å². The van der Waals surface area contributed by atoms with Crippen LogP contribution >= 0.6 is 12.4 Å². The van der Waals surface area contributed by atoms with Crippen LogP contribution < -0.4 is 16.2 Å². The lowest BCUT2D eigenvalue weighted by atomic mass is 10.1. The Balaban J connectivity index is 0.00000169. The molecule has 0 unspecified atom stereocenters. The molecule has 1 aromatic rings. The lowest BCUT2D eigenvalue weighted by Crippen LogP contribution is -2.21. The van der Waals surface area contributed by atoms with Crippen molar-refractivity contribution in [1.29, 1.82) is 0 Å². The number of nitrogens with two attached hydrogens (primary N) is 2. The van der Waals surface area contributed by atoms with Crippen molar-refractivity contribution in [2.24, 2.45) is 11.5 Å². The van der Waals surface area contributed by atoms with Crippen LogP contribution in [0.4, 0.5) is 0 Å². The summed E-state index contributed by atoms with van der Waals surface area (Å²) in [6, 6.07) is 4.61. The fourth-order valence-corrected chi connectivity index (χ4v) is 1.20. The zero-order chi connectivity index (χ0) is 9.84. The van der Waals surface area contributed by atoms with Gasteiger partial charge in [-0.3, -0.25) is 0 Å². The number of halogens is 1. The summed E-state index contributed by atoms with van der Waals surface area (Å²) in [7, 11) is 1.53. The Hall–Kier alpha value is -0.970. The van der Waals surface area contributed by atoms with Crippen molar-refractivity contribution in [3.8, 4) is 11.5 Å². The molecular formula is C9H15ClN2O2. The number of phenolic OH excluding ortho intramolecular Hbond substituents is 1. The Kier molecular flexibility index (Phi) is 5.30. The second kappa shape index (κ2) is 5.70. The number of benzene rings is 1. The summed E-state index contributed by atoms with van der Waals surface area (Å²) in [5.41, 5.74) is 11.7. The van der Waals surface area contributed by atoms with E-state index in [1.54, 1.807) is 18.2 Å². The number of hydrogen-bond acceptors (Lipinski definition) is 4. The summed E-state index contributed by atoms with van der Waals surface area (Å²) >= 11 is 0. The molecule has 0 spiro atoms. The minimum Gasteiger partial charge on any atom is -0.507 e. The largest absolute Gasteiger partial charge is 0.507 e. The number of phenols is 1. The van der Waals surface area contributed by atoms with Gasteiger partial charge in [-0.05, 0) is 12.1 Å². The second-order valence-corrected chi connectivity index (χ2v) is 2.74. The van der Waals surface area contributed by atoms with Gasteiger partial charge in [0, 0.05) is 12.6 Å². The summed E-state index contributed by atoms with van der Waals surface area (Å²) in [6.07, 6.45) is 0. The minimum absolute atomic E-state index is 0. The van der Waals surface area contributed by atoms with Crippen LogP contribution in [0.1, 0.15) is 11.6 Å². The molecule has 80 valence electrons. The van der Waals surface area contributed by atoms with E-state index in [1.807, 2.05) is 0 Å². The van der Waals surface area contributed by atoms with Gasteiger partial charge in [-0.1, -0.05) is 6.07 Å². The smallest absolute Gasteiger partial charge is 0.127 e. The molecule has 0 aliphatic heterocycles. The van der Waals surface area contributed by atoms with Gasteiger partial charge >= 0.3 is 0 Å². The van der Waals surface area contributed by atoms with Crippen LogP contribution in [0.15, 0.2) is 18.2 Å². The average molecular weight is 219 g/mol. The average Bonchev–Trinajstić information content (AvgIpc) is 2.16. The fourth-order valence-electron chi connectivity index (χ4n) is 1.20. The van der Waals surface area contributed by atoms with E-state index < -0.39 is 6.04 Å². The van der Waals surface area contributed by atoms with Gasteiger partial charge in [-0.25, -0.2) is 0 Å². The Morgan fingerprint density at radius 3 is 2.64 bits per heavy atom. The number of ether oxygens (including phenoxy) is 1. The van der Waals surface area contributed by atoms with Gasteiger partial charge in [0.25, 0.3) is 0 Å². The third-order valence-corrected chi connectivity index (χ3v) is 1.89. The van der Waals surface area contributed by atoms with E-state index in [1.165, 1.54) is 7.11 Å². The number of methoxy groups -OCH3 is 1. The van der Waals surface area contributed by atoms with E-state index in [2.05, 4.69) is 0 Å². The molecule has 14 heavy (non-hydrogen) atoms. The van der Waals surface area contributed by atoms with Crippen molar-refractivity contribution in [1.82, 2.24) is 0 Å². The van der Waals surface area contributed by atoms with Crippen molar-refractivity contribution in [2.45, 2.75) is 6.04 Å². The summed E-state index contributed by atoms with van der Waals surface area (Å²) in [4.78, 5) is 0. The molecule has 1 rings (SSSR count). The molecule has 0 aliphatic rings.